The summed E-state index contributed by atoms with van der Waals surface area (Å²) >= 11 is 5.96. The third-order valence-corrected chi connectivity index (χ3v) is 6.48. The van der Waals surface area contributed by atoms with Crippen molar-refractivity contribution in [2.24, 2.45) is 0 Å². The molecule has 1 saturated heterocycles. The highest BCUT2D eigenvalue weighted by atomic mass is 35.5. The van der Waals surface area contributed by atoms with Crippen LogP contribution < -0.4 is 10.2 Å². The summed E-state index contributed by atoms with van der Waals surface area (Å²) in [7, 11) is 0. The van der Waals surface area contributed by atoms with Crippen molar-refractivity contribution in [3.05, 3.63) is 65.2 Å². The largest absolute Gasteiger partial charge is 0.325 e. The maximum atomic E-state index is 13.4. The van der Waals surface area contributed by atoms with Crippen LogP contribution in [-0.4, -0.2) is 35.3 Å². The zero-order chi connectivity index (χ0) is 22.0. The maximum Gasteiger partial charge on any atom is 0.325 e. The van der Waals surface area contributed by atoms with E-state index in [-0.39, 0.29) is 18.5 Å². The summed E-state index contributed by atoms with van der Waals surface area (Å²) in [5.74, 6) is -0.688. The van der Waals surface area contributed by atoms with Crippen molar-refractivity contribution >= 4 is 35.1 Å². The van der Waals surface area contributed by atoms with Crippen LogP contribution >= 0.6 is 11.6 Å². The SMILES string of the molecule is CC1(c2ccc(Cl)cc2)NC(=O)N(CC(=O)N(c2ccccc2)C2CCCCC2)C1=O. The molecule has 7 heteroatoms. The molecule has 0 aromatic heterocycles. The van der Waals surface area contributed by atoms with E-state index in [4.69, 9.17) is 11.6 Å². The summed E-state index contributed by atoms with van der Waals surface area (Å²) in [6.45, 7) is 1.36. The molecule has 1 saturated carbocycles. The van der Waals surface area contributed by atoms with E-state index in [9.17, 15) is 14.4 Å². The summed E-state index contributed by atoms with van der Waals surface area (Å²) in [6, 6.07) is 15.8. The second kappa shape index (κ2) is 8.71. The van der Waals surface area contributed by atoms with E-state index < -0.39 is 17.5 Å². The Morgan fingerprint density at radius 2 is 1.71 bits per heavy atom. The fourth-order valence-electron chi connectivity index (χ4n) is 4.52. The third-order valence-electron chi connectivity index (χ3n) is 6.23. The number of imide groups is 1. The lowest BCUT2D eigenvalue weighted by molar-refractivity contribution is -0.134. The molecule has 1 N–H and O–H groups in total. The van der Waals surface area contributed by atoms with Gasteiger partial charge in [-0.2, -0.15) is 0 Å². The van der Waals surface area contributed by atoms with Gasteiger partial charge in [-0.15, -0.1) is 0 Å². The Kier molecular flexibility index (Phi) is 6.01. The molecular formula is C24H26ClN3O3. The number of rotatable bonds is 5. The molecule has 0 bridgehead atoms. The molecule has 6 nitrogen and oxygen atoms in total. The highest BCUT2D eigenvalue weighted by molar-refractivity contribution is 6.30. The Labute approximate surface area is 187 Å². The van der Waals surface area contributed by atoms with Gasteiger partial charge in [-0.25, -0.2) is 4.79 Å². The Hall–Kier alpha value is -2.86. The van der Waals surface area contributed by atoms with Gasteiger partial charge in [-0.3, -0.25) is 14.5 Å². The van der Waals surface area contributed by atoms with Crippen molar-refractivity contribution in [1.29, 1.82) is 0 Å². The van der Waals surface area contributed by atoms with Crippen molar-refractivity contribution in [1.82, 2.24) is 10.2 Å². The number of hydrogen-bond acceptors (Lipinski definition) is 3. The standard InChI is InChI=1S/C24H26ClN3O3/c1-24(17-12-14-18(25)15-13-17)22(30)27(23(31)26-24)16-21(29)28(19-8-4-2-5-9-19)20-10-6-3-7-11-20/h2,4-5,8-9,12-15,20H,3,6-7,10-11,16H2,1H3,(H,26,31). The van der Waals surface area contributed by atoms with Gasteiger partial charge in [0.05, 0.1) is 0 Å². The predicted octanol–water partition coefficient (Wildman–Crippen LogP) is 4.47. The first-order valence-electron chi connectivity index (χ1n) is 10.7. The monoisotopic (exact) mass is 439 g/mol. The lowest BCUT2D eigenvalue weighted by atomic mass is 9.92. The van der Waals surface area contributed by atoms with E-state index in [1.54, 1.807) is 36.1 Å². The van der Waals surface area contributed by atoms with E-state index in [1.807, 2.05) is 30.3 Å². The van der Waals surface area contributed by atoms with Gasteiger partial charge in [-0.1, -0.05) is 61.2 Å². The second-order valence-corrected chi connectivity index (χ2v) is 8.78. The molecule has 31 heavy (non-hydrogen) atoms. The molecular weight excluding hydrogens is 414 g/mol. The van der Waals surface area contributed by atoms with Gasteiger partial charge in [0.25, 0.3) is 5.91 Å². The van der Waals surface area contributed by atoms with E-state index in [1.165, 1.54) is 6.42 Å². The molecule has 0 spiro atoms. The molecule has 1 aliphatic carbocycles. The Bertz CT molecular complexity index is 973. The second-order valence-electron chi connectivity index (χ2n) is 8.34. The first kappa shape index (κ1) is 21.4. The summed E-state index contributed by atoms with van der Waals surface area (Å²) in [5, 5.41) is 3.30. The average molecular weight is 440 g/mol. The van der Waals surface area contributed by atoms with Crippen LogP contribution in [0.15, 0.2) is 54.6 Å². The smallest absolute Gasteiger partial charge is 0.319 e. The number of nitrogens with one attached hydrogen (secondary N) is 1. The minimum atomic E-state index is -1.23. The minimum Gasteiger partial charge on any atom is -0.319 e. The fourth-order valence-corrected chi connectivity index (χ4v) is 4.64. The lowest BCUT2D eigenvalue weighted by Gasteiger charge is -2.35. The molecule has 2 fully saturated rings. The summed E-state index contributed by atoms with van der Waals surface area (Å²) in [4.78, 5) is 42.2. The number of halogens is 1. The first-order valence-corrected chi connectivity index (χ1v) is 11.1. The first-order chi connectivity index (χ1) is 14.9. The van der Waals surface area contributed by atoms with Crippen molar-refractivity contribution < 1.29 is 14.4 Å². The lowest BCUT2D eigenvalue weighted by Crippen LogP contribution is -2.48. The number of benzene rings is 2. The van der Waals surface area contributed by atoms with Crippen LogP contribution in [0.5, 0.6) is 0 Å². The van der Waals surface area contributed by atoms with Gasteiger partial charge in [-0.05, 0) is 49.6 Å². The molecule has 162 valence electrons. The van der Waals surface area contributed by atoms with Crippen LogP contribution in [0.1, 0.15) is 44.6 Å². The van der Waals surface area contributed by atoms with E-state index >= 15 is 0 Å². The predicted molar refractivity (Wildman–Crippen MR) is 120 cm³/mol. The van der Waals surface area contributed by atoms with Crippen LogP contribution in [0.2, 0.25) is 5.02 Å². The van der Waals surface area contributed by atoms with Gasteiger partial charge in [0.1, 0.15) is 12.1 Å². The quantitative estimate of drug-likeness (QED) is 0.698. The molecule has 4 rings (SSSR count). The molecule has 1 heterocycles. The highest BCUT2D eigenvalue weighted by Crippen LogP contribution is 2.31. The van der Waals surface area contributed by atoms with Crippen LogP contribution in [0.25, 0.3) is 0 Å². The highest BCUT2D eigenvalue weighted by Gasteiger charge is 2.50. The number of para-hydroxylation sites is 1. The van der Waals surface area contributed by atoms with E-state index in [0.29, 0.717) is 10.6 Å². The summed E-state index contributed by atoms with van der Waals surface area (Å²) < 4.78 is 0. The molecule has 1 atom stereocenters. The number of carbonyl (C=O) groups is 3. The molecule has 4 amide bonds. The van der Waals surface area contributed by atoms with Crippen molar-refractivity contribution in [3.8, 4) is 0 Å². The molecule has 1 unspecified atom stereocenters. The van der Waals surface area contributed by atoms with Gasteiger partial charge < -0.3 is 10.2 Å². The average Bonchev–Trinajstić information content (AvgIpc) is 3.00. The minimum absolute atomic E-state index is 0.0760. The number of hydrogen-bond donors (Lipinski definition) is 1. The fraction of sp³-hybridized carbons (Fsp3) is 0.375. The topological polar surface area (TPSA) is 69.7 Å². The summed E-state index contributed by atoms with van der Waals surface area (Å²) in [6.07, 6.45) is 5.14. The van der Waals surface area contributed by atoms with Crippen LogP contribution in [0.4, 0.5) is 10.5 Å². The zero-order valence-corrected chi connectivity index (χ0v) is 18.3. The summed E-state index contributed by atoms with van der Waals surface area (Å²) in [5.41, 5.74) is 0.189. The zero-order valence-electron chi connectivity index (χ0n) is 17.5. The Balaban J connectivity index is 1.57. The van der Waals surface area contributed by atoms with Crippen LogP contribution in [0.3, 0.4) is 0 Å². The normalized spacial score (nSPS) is 21.8. The van der Waals surface area contributed by atoms with Crippen LogP contribution in [0, 0.1) is 0 Å². The Morgan fingerprint density at radius 3 is 2.35 bits per heavy atom. The molecule has 2 aliphatic rings. The van der Waals surface area contributed by atoms with Gasteiger partial charge >= 0.3 is 6.03 Å². The van der Waals surface area contributed by atoms with Crippen molar-refractivity contribution in [2.75, 3.05) is 11.4 Å². The number of anilines is 1. The van der Waals surface area contributed by atoms with E-state index in [2.05, 4.69) is 5.32 Å². The molecule has 2 aromatic rings. The van der Waals surface area contributed by atoms with Gasteiger partial charge in [0, 0.05) is 16.8 Å². The maximum absolute atomic E-state index is 13.4. The number of urea groups is 1. The van der Waals surface area contributed by atoms with E-state index in [0.717, 1.165) is 36.3 Å². The van der Waals surface area contributed by atoms with Crippen molar-refractivity contribution in [2.45, 2.75) is 50.6 Å². The van der Waals surface area contributed by atoms with Crippen molar-refractivity contribution in [3.63, 3.8) is 0 Å². The van der Waals surface area contributed by atoms with Gasteiger partial charge in [0.15, 0.2) is 0 Å². The molecule has 1 aliphatic heterocycles. The Morgan fingerprint density at radius 1 is 1.06 bits per heavy atom. The van der Waals surface area contributed by atoms with Gasteiger partial charge in [0.2, 0.25) is 5.91 Å². The van der Waals surface area contributed by atoms with Crippen LogP contribution in [-0.2, 0) is 15.1 Å². The molecule has 0 radical (unpaired) electrons. The number of nitrogens with zero attached hydrogens (tertiary/aromatic N) is 2. The molecule has 2 aromatic carbocycles. The third kappa shape index (κ3) is 4.17. The number of amides is 4. The number of carbonyl (C=O) groups excluding carboxylic acids is 3.